The lowest BCUT2D eigenvalue weighted by Gasteiger charge is -2.21. The van der Waals surface area contributed by atoms with E-state index >= 15 is 0 Å². The van der Waals surface area contributed by atoms with Crippen molar-refractivity contribution in [1.82, 2.24) is 4.57 Å². The van der Waals surface area contributed by atoms with Crippen molar-refractivity contribution >= 4 is 65.7 Å². The maximum absolute atomic E-state index is 6.42. The van der Waals surface area contributed by atoms with E-state index in [2.05, 4.69) is 102 Å². The van der Waals surface area contributed by atoms with E-state index in [4.69, 9.17) is 8.83 Å². The first kappa shape index (κ1) is 21.4. The number of para-hydroxylation sites is 2. The number of fused-ring (bicyclic) bond motifs is 9. The molecule has 1 fully saturated rings. The Morgan fingerprint density at radius 2 is 1.05 bits per heavy atom. The van der Waals surface area contributed by atoms with Crippen molar-refractivity contribution in [1.29, 1.82) is 0 Å². The van der Waals surface area contributed by atoms with Gasteiger partial charge in [0.1, 0.15) is 22.3 Å². The van der Waals surface area contributed by atoms with Crippen LogP contribution in [0.3, 0.4) is 0 Å². The maximum atomic E-state index is 6.42. The highest BCUT2D eigenvalue weighted by atomic mass is 16.3. The van der Waals surface area contributed by atoms with Crippen LogP contribution in [0.1, 0.15) is 43.6 Å². The minimum atomic E-state index is 0.669. The summed E-state index contributed by atoms with van der Waals surface area (Å²) in [4.78, 5) is 0. The Morgan fingerprint density at radius 1 is 0.487 bits per heavy atom. The number of hydrogen-bond donors (Lipinski definition) is 0. The summed E-state index contributed by atoms with van der Waals surface area (Å²) >= 11 is 0. The molecule has 3 aromatic heterocycles. The zero-order valence-corrected chi connectivity index (χ0v) is 21.6. The molecule has 0 bridgehead atoms. The Kier molecular flexibility index (Phi) is 4.40. The topological polar surface area (TPSA) is 31.2 Å². The largest absolute Gasteiger partial charge is 0.456 e. The van der Waals surface area contributed by atoms with Crippen LogP contribution in [0.15, 0.2) is 106 Å². The third kappa shape index (κ3) is 3.10. The summed E-state index contributed by atoms with van der Waals surface area (Å²) in [7, 11) is 0. The van der Waals surface area contributed by atoms with Crippen LogP contribution in [0.5, 0.6) is 0 Å². The smallest absolute Gasteiger partial charge is 0.136 e. The summed E-state index contributed by atoms with van der Waals surface area (Å²) in [5.41, 5.74) is 8.67. The Bertz CT molecular complexity index is 2160. The first-order chi connectivity index (χ1) is 19.3. The second-order valence-corrected chi connectivity index (χ2v) is 11.2. The van der Waals surface area contributed by atoms with E-state index < -0.39 is 0 Å². The van der Waals surface area contributed by atoms with Crippen LogP contribution in [0.4, 0.5) is 0 Å². The molecule has 0 atom stereocenters. The first-order valence-electron chi connectivity index (χ1n) is 14.1. The van der Waals surface area contributed by atoms with Crippen molar-refractivity contribution in [2.45, 2.75) is 38.0 Å². The third-order valence-corrected chi connectivity index (χ3v) is 8.98. The number of benzene rings is 5. The predicted molar refractivity (Wildman–Crippen MR) is 161 cm³/mol. The molecular formula is C36H27NO2. The molecule has 8 aromatic rings. The minimum Gasteiger partial charge on any atom is -0.456 e. The highest BCUT2D eigenvalue weighted by Crippen LogP contribution is 2.40. The average Bonchev–Trinajstić information content (AvgIpc) is 3.64. The van der Waals surface area contributed by atoms with Crippen molar-refractivity contribution in [3.05, 3.63) is 103 Å². The molecule has 5 aromatic carbocycles. The summed E-state index contributed by atoms with van der Waals surface area (Å²) in [6.45, 7) is 0. The van der Waals surface area contributed by atoms with Gasteiger partial charge in [-0.2, -0.15) is 0 Å². The molecule has 188 valence electrons. The van der Waals surface area contributed by atoms with Crippen LogP contribution in [0, 0.1) is 0 Å². The van der Waals surface area contributed by atoms with Gasteiger partial charge in [-0.15, -0.1) is 0 Å². The molecular weight excluding hydrogens is 478 g/mol. The van der Waals surface area contributed by atoms with Gasteiger partial charge in [0.05, 0.1) is 11.0 Å². The quantitative estimate of drug-likeness (QED) is 0.234. The molecule has 0 radical (unpaired) electrons. The van der Waals surface area contributed by atoms with Crippen LogP contribution < -0.4 is 0 Å². The lowest BCUT2D eigenvalue weighted by molar-refractivity contribution is 0.444. The molecule has 0 saturated heterocycles. The molecule has 1 saturated carbocycles. The second-order valence-electron chi connectivity index (χ2n) is 11.2. The normalized spacial score (nSPS) is 15.1. The van der Waals surface area contributed by atoms with Gasteiger partial charge in [-0.1, -0.05) is 61.7 Å². The Balaban J connectivity index is 1.25. The average molecular weight is 506 g/mol. The highest BCUT2D eigenvalue weighted by Gasteiger charge is 2.19. The fourth-order valence-electron chi connectivity index (χ4n) is 7.08. The number of nitrogens with zero attached hydrogens (tertiary/aromatic N) is 1. The van der Waals surface area contributed by atoms with Crippen LogP contribution in [-0.2, 0) is 0 Å². The summed E-state index contributed by atoms with van der Waals surface area (Å²) in [5, 5.41) is 7.06. The van der Waals surface area contributed by atoms with Gasteiger partial charge in [0.15, 0.2) is 0 Å². The van der Waals surface area contributed by atoms with Gasteiger partial charge >= 0.3 is 0 Å². The standard InChI is InChI=1S/C36H27NO2/c1-2-8-22(9-3-1)23-14-16-33-27(18-23)29-20-36-30(21-35(29)38-33)28-19-24(15-17-34(28)39-36)37-31-12-6-4-10-25(31)26-11-5-7-13-32(26)37/h4-7,10-22H,1-3,8-9H2. The number of hydrogen-bond acceptors (Lipinski definition) is 2. The van der Waals surface area contributed by atoms with Gasteiger partial charge < -0.3 is 13.4 Å². The van der Waals surface area contributed by atoms with Crippen molar-refractivity contribution in [3.63, 3.8) is 0 Å². The fraction of sp³-hybridized carbons (Fsp3) is 0.167. The molecule has 1 aliphatic carbocycles. The van der Waals surface area contributed by atoms with Gasteiger partial charge in [-0.3, -0.25) is 0 Å². The summed E-state index contributed by atoms with van der Waals surface area (Å²) < 4.78 is 15.2. The number of aromatic nitrogens is 1. The van der Waals surface area contributed by atoms with Crippen molar-refractivity contribution in [3.8, 4) is 5.69 Å². The first-order valence-corrected chi connectivity index (χ1v) is 14.1. The summed E-state index contributed by atoms with van der Waals surface area (Å²) in [5.74, 6) is 0.669. The van der Waals surface area contributed by atoms with Crippen molar-refractivity contribution in [2.24, 2.45) is 0 Å². The molecule has 0 unspecified atom stereocenters. The fourth-order valence-corrected chi connectivity index (χ4v) is 7.08. The third-order valence-electron chi connectivity index (χ3n) is 8.98. The van der Waals surface area contributed by atoms with E-state index in [1.807, 2.05) is 0 Å². The molecule has 3 nitrogen and oxygen atoms in total. The molecule has 3 heterocycles. The van der Waals surface area contributed by atoms with Crippen LogP contribution >= 0.6 is 0 Å². The maximum Gasteiger partial charge on any atom is 0.136 e. The summed E-state index contributed by atoms with van der Waals surface area (Å²) in [6, 6.07) is 35.0. The van der Waals surface area contributed by atoms with Crippen molar-refractivity contribution in [2.75, 3.05) is 0 Å². The summed E-state index contributed by atoms with van der Waals surface area (Å²) in [6.07, 6.45) is 6.64. The molecule has 9 rings (SSSR count). The monoisotopic (exact) mass is 505 g/mol. The second kappa shape index (κ2) is 8.00. The van der Waals surface area contributed by atoms with Crippen LogP contribution in [0.25, 0.3) is 71.4 Å². The van der Waals surface area contributed by atoms with E-state index in [9.17, 15) is 0 Å². The van der Waals surface area contributed by atoms with E-state index in [0.717, 1.165) is 44.2 Å². The molecule has 0 spiro atoms. The minimum absolute atomic E-state index is 0.669. The Morgan fingerprint density at radius 3 is 1.72 bits per heavy atom. The SMILES string of the molecule is c1ccc2c(c1)c1ccccc1n2-c1ccc2oc3cc4c(cc3c2c1)oc1ccc(C2CCCCC2)cc14. The lowest BCUT2D eigenvalue weighted by Crippen LogP contribution is -2.03. The van der Waals surface area contributed by atoms with Gasteiger partial charge in [0, 0.05) is 38.0 Å². The van der Waals surface area contributed by atoms with Gasteiger partial charge in [-0.05, 0) is 78.9 Å². The van der Waals surface area contributed by atoms with Gasteiger partial charge in [-0.25, -0.2) is 0 Å². The Hall–Kier alpha value is -4.50. The molecule has 1 aliphatic rings. The number of rotatable bonds is 2. The van der Waals surface area contributed by atoms with Crippen LogP contribution in [-0.4, -0.2) is 4.57 Å². The van der Waals surface area contributed by atoms with Gasteiger partial charge in [0.2, 0.25) is 0 Å². The van der Waals surface area contributed by atoms with E-state index in [1.165, 1.54) is 64.9 Å². The van der Waals surface area contributed by atoms with E-state index in [0.29, 0.717) is 5.92 Å². The van der Waals surface area contributed by atoms with Crippen molar-refractivity contribution < 1.29 is 8.83 Å². The Labute approximate surface area is 225 Å². The zero-order valence-electron chi connectivity index (χ0n) is 21.6. The highest BCUT2D eigenvalue weighted by molar-refractivity contribution is 6.15. The molecule has 3 heteroatoms. The van der Waals surface area contributed by atoms with Gasteiger partial charge in [0.25, 0.3) is 0 Å². The van der Waals surface area contributed by atoms with E-state index in [-0.39, 0.29) is 0 Å². The lowest BCUT2D eigenvalue weighted by atomic mass is 9.84. The molecule has 0 amide bonds. The molecule has 0 aliphatic heterocycles. The van der Waals surface area contributed by atoms with Crippen LogP contribution in [0.2, 0.25) is 0 Å². The zero-order chi connectivity index (χ0) is 25.5. The predicted octanol–water partition coefficient (Wildman–Crippen LogP) is 10.6. The van der Waals surface area contributed by atoms with E-state index in [1.54, 1.807) is 0 Å². The number of furan rings is 2. The molecule has 0 N–H and O–H groups in total. The molecule has 39 heavy (non-hydrogen) atoms.